The lowest BCUT2D eigenvalue weighted by atomic mass is 10.1. The molecule has 1 aromatic carbocycles. The Morgan fingerprint density at radius 1 is 1.10 bits per heavy atom. The average Bonchev–Trinajstić information content (AvgIpc) is 3.61. The van der Waals surface area contributed by atoms with E-state index in [0.29, 0.717) is 24.6 Å². The van der Waals surface area contributed by atoms with Crippen molar-refractivity contribution in [3.8, 4) is 0 Å². The first-order valence-electron chi connectivity index (χ1n) is 14.2. The second kappa shape index (κ2) is 14.7. The van der Waals surface area contributed by atoms with E-state index in [1.165, 1.54) is 0 Å². The van der Waals surface area contributed by atoms with Crippen LogP contribution in [0.3, 0.4) is 0 Å². The summed E-state index contributed by atoms with van der Waals surface area (Å²) in [6.07, 6.45) is 11.9. The molecule has 0 atom stereocenters. The normalized spacial score (nSPS) is 13.2. The maximum atomic E-state index is 12.9. The summed E-state index contributed by atoms with van der Waals surface area (Å²) in [6.45, 7) is 1.24. The van der Waals surface area contributed by atoms with E-state index < -0.39 is 0 Å². The van der Waals surface area contributed by atoms with Crippen LogP contribution in [-0.2, 0) is 11.3 Å². The first-order chi connectivity index (χ1) is 19.5. The molecule has 1 aliphatic carbocycles. The van der Waals surface area contributed by atoms with Gasteiger partial charge in [-0.25, -0.2) is 9.98 Å². The number of aromatic nitrogens is 3. The zero-order valence-electron chi connectivity index (χ0n) is 23.5. The molecule has 3 aromatic rings. The summed E-state index contributed by atoms with van der Waals surface area (Å²) < 4.78 is 2.11. The second-order valence-corrected chi connectivity index (χ2v) is 10.8. The van der Waals surface area contributed by atoms with E-state index in [0.717, 1.165) is 86.6 Å². The largest absolute Gasteiger partial charge is 0.352 e. The number of isothiocyanates is 1. The van der Waals surface area contributed by atoms with Crippen LogP contribution in [0.15, 0.2) is 41.5 Å². The fourth-order valence-corrected chi connectivity index (χ4v) is 5.26. The molecular formula is C30H39N7O2S. The number of nitrogens with one attached hydrogen (secondary N) is 2. The van der Waals surface area contributed by atoms with Crippen molar-refractivity contribution in [3.05, 3.63) is 47.8 Å². The molecule has 1 fully saturated rings. The number of carbonyl (C=O) groups excluding carboxylic acids is 2. The lowest BCUT2D eigenvalue weighted by Crippen LogP contribution is -2.25. The molecule has 4 rings (SSSR count). The van der Waals surface area contributed by atoms with Gasteiger partial charge in [-0.1, -0.05) is 44.2 Å². The summed E-state index contributed by atoms with van der Waals surface area (Å²) in [5.41, 5.74) is 3.33. The van der Waals surface area contributed by atoms with E-state index in [1.54, 1.807) is 25.2 Å². The maximum Gasteiger partial charge on any atom is 0.270 e. The van der Waals surface area contributed by atoms with E-state index in [9.17, 15) is 9.59 Å². The van der Waals surface area contributed by atoms with Crippen LogP contribution in [0.5, 0.6) is 0 Å². The Hall–Kier alpha value is -3.62. The minimum Gasteiger partial charge on any atom is -0.352 e. The highest BCUT2D eigenvalue weighted by Crippen LogP contribution is 2.35. The van der Waals surface area contributed by atoms with Gasteiger partial charge in [-0.15, -0.1) is 0 Å². The van der Waals surface area contributed by atoms with Crippen LogP contribution >= 0.6 is 12.2 Å². The number of benzene rings is 1. The molecule has 2 N–H and O–H groups in total. The lowest BCUT2D eigenvalue weighted by Gasteiger charge is -2.19. The second-order valence-electron chi connectivity index (χ2n) is 10.6. The van der Waals surface area contributed by atoms with Crippen molar-refractivity contribution in [2.24, 2.45) is 4.99 Å². The zero-order valence-corrected chi connectivity index (χ0v) is 24.3. The number of hydrogen-bond acceptors (Lipinski definition) is 7. The number of amides is 2. The quantitative estimate of drug-likeness (QED) is 0.141. The van der Waals surface area contributed by atoms with Crippen molar-refractivity contribution in [1.82, 2.24) is 24.8 Å². The lowest BCUT2D eigenvalue weighted by molar-refractivity contribution is -0.121. The summed E-state index contributed by atoms with van der Waals surface area (Å²) in [4.78, 5) is 40.0. The molecule has 2 aromatic heterocycles. The van der Waals surface area contributed by atoms with E-state index in [1.807, 2.05) is 30.3 Å². The Kier molecular flexibility index (Phi) is 10.8. The summed E-state index contributed by atoms with van der Waals surface area (Å²) in [6, 6.07) is 10.1. The molecule has 0 unspecified atom stereocenters. The highest BCUT2D eigenvalue weighted by atomic mass is 32.1. The van der Waals surface area contributed by atoms with Gasteiger partial charge in [0.1, 0.15) is 11.3 Å². The minimum absolute atomic E-state index is 0.0219. The summed E-state index contributed by atoms with van der Waals surface area (Å²) in [5.74, 6) is 0.541. The van der Waals surface area contributed by atoms with E-state index >= 15 is 0 Å². The first-order valence-corrected chi connectivity index (χ1v) is 14.6. The van der Waals surface area contributed by atoms with Crippen molar-refractivity contribution in [2.75, 3.05) is 26.0 Å². The Labute approximate surface area is 241 Å². The van der Waals surface area contributed by atoms with Crippen LogP contribution < -0.4 is 10.6 Å². The standard InChI is InChI=1S/C30H39N7O2S/c1-36(2)29(39)26-18-23-20-33-30(35-28(23)37(26)25-10-7-8-11-25)34-24-15-13-22(14-16-24)19-32-27(38)12-6-4-3-5-9-17-31-21-40/h13-16,18,20,25H,3-12,17,19H2,1-2H3,(H,32,38)(H,33,34,35). The number of nitrogens with zero attached hydrogens (tertiary/aromatic N) is 5. The SMILES string of the molecule is CN(C)C(=O)c1cc2cnc(Nc3ccc(CNC(=O)CCCCCCCN=C=S)cc3)nc2n1C1CCCC1. The van der Waals surface area contributed by atoms with Gasteiger partial charge in [0.2, 0.25) is 11.9 Å². The zero-order chi connectivity index (χ0) is 28.3. The number of thiocarbonyl (C=S) groups is 1. The summed E-state index contributed by atoms with van der Waals surface area (Å²) in [7, 11) is 3.55. The number of hydrogen-bond donors (Lipinski definition) is 2. The molecule has 10 heteroatoms. The van der Waals surface area contributed by atoms with Gasteiger partial charge in [0, 0.05) is 56.9 Å². The van der Waals surface area contributed by atoms with Crippen molar-refractivity contribution in [2.45, 2.75) is 76.8 Å². The van der Waals surface area contributed by atoms with Crippen LogP contribution in [0.4, 0.5) is 11.6 Å². The van der Waals surface area contributed by atoms with Gasteiger partial charge in [0.05, 0.1) is 5.16 Å². The molecule has 0 bridgehead atoms. The maximum absolute atomic E-state index is 12.9. The number of anilines is 2. The number of rotatable bonds is 14. The summed E-state index contributed by atoms with van der Waals surface area (Å²) in [5, 5.41) is 9.55. The highest BCUT2D eigenvalue weighted by molar-refractivity contribution is 7.78. The molecule has 40 heavy (non-hydrogen) atoms. The van der Waals surface area contributed by atoms with Crippen molar-refractivity contribution in [1.29, 1.82) is 0 Å². The molecule has 1 saturated carbocycles. The molecule has 9 nitrogen and oxygen atoms in total. The number of carbonyl (C=O) groups is 2. The number of fused-ring (bicyclic) bond motifs is 1. The van der Waals surface area contributed by atoms with Gasteiger partial charge in [-0.3, -0.25) is 9.59 Å². The Balaban J connectivity index is 1.31. The number of unbranched alkanes of at least 4 members (excludes halogenated alkanes) is 4. The average molecular weight is 562 g/mol. The van der Waals surface area contributed by atoms with E-state index in [2.05, 4.69) is 42.6 Å². The molecule has 212 valence electrons. The van der Waals surface area contributed by atoms with Crippen molar-refractivity contribution < 1.29 is 9.59 Å². The van der Waals surface area contributed by atoms with Crippen LogP contribution in [0.1, 0.15) is 86.3 Å². The fourth-order valence-electron chi connectivity index (χ4n) is 5.17. The van der Waals surface area contributed by atoms with Crippen molar-refractivity contribution in [3.63, 3.8) is 0 Å². The predicted octanol–water partition coefficient (Wildman–Crippen LogP) is 6.05. The molecule has 0 spiro atoms. The smallest absolute Gasteiger partial charge is 0.270 e. The van der Waals surface area contributed by atoms with Crippen LogP contribution in [0.2, 0.25) is 0 Å². The van der Waals surface area contributed by atoms with Crippen LogP contribution in [0, 0.1) is 0 Å². The van der Waals surface area contributed by atoms with E-state index in [4.69, 9.17) is 4.98 Å². The van der Waals surface area contributed by atoms with Crippen LogP contribution in [0.25, 0.3) is 11.0 Å². The Bertz CT molecular complexity index is 1340. The predicted molar refractivity (Wildman–Crippen MR) is 162 cm³/mol. The van der Waals surface area contributed by atoms with Gasteiger partial charge < -0.3 is 20.1 Å². The van der Waals surface area contributed by atoms with Gasteiger partial charge in [-0.05, 0) is 61.7 Å². The third-order valence-corrected chi connectivity index (χ3v) is 7.46. The molecule has 0 radical (unpaired) electrons. The summed E-state index contributed by atoms with van der Waals surface area (Å²) >= 11 is 4.56. The van der Waals surface area contributed by atoms with Gasteiger partial charge >= 0.3 is 0 Å². The topological polar surface area (TPSA) is 105 Å². The molecule has 0 aliphatic heterocycles. The monoisotopic (exact) mass is 561 g/mol. The third kappa shape index (κ3) is 7.96. The minimum atomic E-state index is -0.0219. The first kappa shape index (κ1) is 29.4. The van der Waals surface area contributed by atoms with Gasteiger partial charge in [0.25, 0.3) is 5.91 Å². The Morgan fingerprint density at radius 2 is 1.82 bits per heavy atom. The molecule has 1 aliphatic rings. The molecule has 2 amide bonds. The van der Waals surface area contributed by atoms with Gasteiger partial charge in [0.15, 0.2) is 0 Å². The van der Waals surface area contributed by atoms with Gasteiger partial charge in [-0.2, -0.15) is 4.98 Å². The molecule has 0 saturated heterocycles. The fraction of sp³-hybridized carbons (Fsp3) is 0.500. The molecular weight excluding hydrogens is 522 g/mol. The third-order valence-electron chi connectivity index (χ3n) is 7.33. The highest BCUT2D eigenvalue weighted by Gasteiger charge is 2.26. The van der Waals surface area contributed by atoms with Crippen LogP contribution in [-0.4, -0.2) is 57.1 Å². The molecule has 2 heterocycles. The van der Waals surface area contributed by atoms with E-state index in [-0.39, 0.29) is 17.9 Å². The Morgan fingerprint density at radius 3 is 2.55 bits per heavy atom. The number of aliphatic imine (C=N–C) groups is 1. The van der Waals surface area contributed by atoms with Crippen molar-refractivity contribution >= 4 is 51.9 Å².